The Balaban J connectivity index is 1.75. The second-order valence-corrected chi connectivity index (χ2v) is 7.87. The fourth-order valence-electron chi connectivity index (χ4n) is 2.68. The van der Waals surface area contributed by atoms with Crippen molar-refractivity contribution >= 4 is 15.9 Å². The summed E-state index contributed by atoms with van der Waals surface area (Å²) >= 11 is 0. The van der Waals surface area contributed by atoms with Crippen molar-refractivity contribution in [1.29, 1.82) is 0 Å². The number of ether oxygens (including phenoxy) is 3. The Hall–Kier alpha value is -2.78. The van der Waals surface area contributed by atoms with Crippen LogP contribution in [-0.2, 0) is 16.6 Å². The summed E-state index contributed by atoms with van der Waals surface area (Å²) in [5.74, 6) is 1.08. The minimum Gasteiger partial charge on any atom is -0.495 e. The van der Waals surface area contributed by atoms with Gasteiger partial charge in [-0.1, -0.05) is 13.0 Å². The van der Waals surface area contributed by atoms with Crippen LogP contribution in [0.25, 0.3) is 0 Å². The van der Waals surface area contributed by atoms with Gasteiger partial charge < -0.3 is 19.5 Å². The molecule has 0 aromatic heterocycles. The number of nitrogens with one attached hydrogen (secondary N) is 2. The Morgan fingerprint density at radius 2 is 1.93 bits per heavy atom. The standard InChI is InChI=1S/C19H22N2O6S/c1-3-8-21-28(23,24)18-10-14(5-7-16(18)25-2)19(22)20-11-13-4-6-15-17(9-13)27-12-26-15/h4-7,9-10,21H,3,8,11-12H2,1-2H3,(H,20,22). The van der Waals surface area contributed by atoms with E-state index in [1.54, 1.807) is 12.1 Å². The van der Waals surface area contributed by atoms with Gasteiger partial charge in [0.2, 0.25) is 16.8 Å². The van der Waals surface area contributed by atoms with Crippen LogP contribution < -0.4 is 24.2 Å². The van der Waals surface area contributed by atoms with Gasteiger partial charge in [-0.2, -0.15) is 0 Å². The molecule has 0 spiro atoms. The fourth-order valence-corrected chi connectivity index (χ4v) is 4.00. The number of benzene rings is 2. The van der Waals surface area contributed by atoms with Crippen molar-refractivity contribution in [3.05, 3.63) is 47.5 Å². The summed E-state index contributed by atoms with van der Waals surface area (Å²) in [4.78, 5) is 12.5. The molecule has 8 nitrogen and oxygen atoms in total. The molecule has 1 aliphatic heterocycles. The van der Waals surface area contributed by atoms with Crippen LogP contribution in [0.1, 0.15) is 29.3 Å². The number of methoxy groups -OCH3 is 1. The Morgan fingerprint density at radius 1 is 1.14 bits per heavy atom. The lowest BCUT2D eigenvalue weighted by molar-refractivity contribution is 0.0950. The van der Waals surface area contributed by atoms with E-state index in [1.807, 2.05) is 13.0 Å². The van der Waals surface area contributed by atoms with Crippen LogP contribution in [0.15, 0.2) is 41.3 Å². The average molecular weight is 406 g/mol. The van der Waals surface area contributed by atoms with Crippen LogP contribution in [0.3, 0.4) is 0 Å². The highest BCUT2D eigenvalue weighted by Gasteiger charge is 2.21. The van der Waals surface area contributed by atoms with E-state index in [-0.39, 0.29) is 29.5 Å². The quantitative estimate of drug-likeness (QED) is 0.696. The van der Waals surface area contributed by atoms with Gasteiger partial charge in [0.25, 0.3) is 5.91 Å². The highest BCUT2D eigenvalue weighted by molar-refractivity contribution is 7.89. The first kappa shape index (κ1) is 20.0. The number of amides is 1. The molecule has 0 saturated heterocycles. The molecule has 9 heteroatoms. The number of hydrogen-bond acceptors (Lipinski definition) is 6. The molecule has 0 atom stereocenters. The number of rotatable bonds is 8. The fraction of sp³-hybridized carbons (Fsp3) is 0.316. The monoisotopic (exact) mass is 406 g/mol. The maximum atomic E-state index is 12.5. The third-order valence-electron chi connectivity index (χ3n) is 4.15. The molecular weight excluding hydrogens is 384 g/mol. The molecule has 2 aromatic rings. The second-order valence-electron chi connectivity index (χ2n) is 6.13. The molecule has 1 heterocycles. The Morgan fingerprint density at radius 3 is 2.68 bits per heavy atom. The molecule has 0 radical (unpaired) electrons. The summed E-state index contributed by atoms with van der Waals surface area (Å²) in [6, 6.07) is 9.70. The summed E-state index contributed by atoms with van der Waals surface area (Å²) in [6.07, 6.45) is 0.650. The zero-order chi connectivity index (χ0) is 20.1. The number of carbonyl (C=O) groups excluding carboxylic acids is 1. The first-order valence-electron chi connectivity index (χ1n) is 8.79. The third-order valence-corrected chi connectivity index (χ3v) is 5.63. The highest BCUT2D eigenvalue weighted by Crippen LogP contribution is 2.32. The van der Waals surface area contributed by atoms with Crippen molar-refractivity contribution in [2.75, 3.05) is 20.4 Å². The molecule has 0 saturated carbocycles. The van der Waals surface area contributed by atoms with Crippen LogP contribution in [0, 0.1) is 0 Å². The van der Waals surface area contributed by atoms with Gasteiger partial charge in [-0.3, -0.25) is 4.79 Å². The summed E-state index contributed by atoms with van der Waals surface area (Å²) in [7, 11) is -2.40. The van der Waals surface area contributed by atoms with E-state index in [2.05, 4.69) is 10.0 Å². The van der Waals surface area contributed by atoms with E-state index < -0.39 is 15.9 Å². The molecule has 0 bridgehead atoms. The molecule has 2 N–H and O–H groups in total. The summed E-state index contributed by atoms with van der Waals surface area (Å²) in [5.41, 5.74) is 1.06. The minimum atomic E-state index is -3.78. The predicted octanol–water partition coefficient (Wildman–Crippen LogP) is 2.04. The molecule has 1 amide bonds. The largest absolute Gasteiger partial charge is 0.495 e. The molecule has 0 unspecified atom stereocenters. The minimum absolute atomic E-state index is 0.0702. The van der Waals surface area contributed by atoms with Crippen molar-refractivity contribution in [3.63, 3.8) is 0 Å². The van der Waals surface area contributed by atoms with E-state index in [0.29, 0.717) is 24.5 Å². The van der Waals surface area contributed by atoms with Crippen LogP contribution in [-0.4, -0.2) is 34.8 Å². The van der Waals surface area contributed by atoms with Crippen molar-refractivity contribution in [3.8, 4) is 17.2 Å². The Labute approximate surface area is 163 Å². The van der Waals surface area contributed by atoms with E-state index in [0.717, 1.165) is 5.56 Å². The average Bonchev–Trinajstić information content (AvgIpc) is 3.17. The van der Waals surface area contributed by atoms with E-state index in [1.165, 1.54) is 25.3 Å². The third kappa shape index (κ3) is 4.37. The lowest BCUT2D eigenvalue weighted by Crippen LogP contribution is -2.26. The number of carbonyl (C=O) groups is 1. The zero-order valence-corrected chi connectivity index (χ0v) is 16.5. The smallest absolute Gasteiger partial charge is 0.251 e. The van der Waals surface area contributed by atoms with Crippen molar-refractivity contribution in [2.24, 2.45) is 0 Å². The van der Waals surface area contributed by atoms with Crippen LogP contribution in [0.4, 0.5) is 0 Å². The van der Waals surface area contributed by atoms with Crippen LogP contribution in [0.5, 0.6) is 17.2 Å². The first-order valence-corrected chi connectivity index (χ1v) is 10.3. The van der Waals surface area contributed by atoms with Crippen molar-refractivity contribution < 1.29 is 27.4 Å². The van der Waals surface area contributed by atoms with Crippen molar-refractivity contribution in [2.45, 2.75) is 24.8 Å². The summed E-state index contributed by atoms with van der Waals surface area (Å²) in [5, 5.41) is 2.77. The zero-order valence-electron chi connectivity index (χ0n) is 15.7. The van der Waals surface area contributed by atoms with Gasteiger partial charge in [0.15, 0.2) is 11.5 Å². The molecular formula is C19H22N2O6S. The van der Waals surface area contributed by atoms with Crippen LogP contribution >= 0.6 is 0 Å². The number of hydrogen-bond donors (Lipinski definition) is 2. The molecule has 2 aromatic carbocycles. The maximum Gasteiger partial charge on any atom is 0.251 e. The number of sulfonamides is 1. The first-order chi connectivity index (χ1) is 13.4. The molecule has 0 aliphatic carbocycles. The molecule has 150 valence electrons. The van der Waals surface area contributed by atoms with Gasteiger partial charge in [-0.15, -0.1) is 0 Å². The summed E-state index contributed by atoms with van der Waals surface area (Å²) in [6.45, 7) is 2.60. The highest BCUT2D eigenvalue weighted by atomic mass is 32.2. The second kappa shape index (κ2) is 8.49. The van der Waals surface area contributed by atoms with Gasteiger partial charge in [0.05, 0.1) is 7.11 Å². The van der Waals surface area contributed by atoms with E-state index >= 15 is 0 Å². The SMILES string of the molecule is CCCNS(=O)(=O)c1cc(C(=O)NCc2ccc3c(c2)OCO3)ccc1OC. The van der Waals surface area contributed by atoms with Gasteiger partial charge in [-0.05, 0) is 42.3 Å². The van der Waals surface area contributed by atoms with Gasteiger partial charge >= 0.3 is 0 Å². The van der Waals surface area contributed by atoms with Gasteiger partial charge in [0.1, 0.15) is 10.6 Å². The van der Waals surface area contributed by atoms with Crippen LogP contribution in [0.2, 0.25) is 0 Å². The molecule has 1 aliphatic rings. The van der Waals surface area contributed by atoms with E-state index in [9.17, 15) is 13.2 Å². The predicted molar refractivity (Wildman–Crippen MR) is 102 cm³/mol. The van der Waals surface area contributed by atoms with Crippen molar-refractivity contribution in [1.82, 2.24) is 10.0 Å². The topological polar surface area (TPSA) is 103 Å². The van der Waals surface area contributed by atoms with Gasteiger partial charge in [0, 0.05) is 18.7 Å². The lowest BCUT2D eigenvalue weighted by atomic mass is 10.1. The van der Waals surface area contributed by atoms with Gasteiger partial charge in [-0.25, -0.2) is 13.1 Å². The Bertz CT molecular complexity index is 974. The Kier molecular flexibility index (Phi) is 6.05. The molecule has 3 rings (SSSR count). The summed E-state index contributed by atoms with van der Waals surface area (Å²) < 4.78 is 43.2. The number of fused-ring (bicyclic) bond motifs is 1. The molecule has 28 heavy (non-hydrogen) atoms. The lowest BCUT2D eigenvalue weighted by Gasteiger charge is -2.12. The maximum absolute atomic E-state index is 12.5. The normalized spacial score (nSPS) is 12.6. The molecule has 0 fully saturated rings. The van der Waals surface area contributed by atoms with E-state index in [4.69, 9.17) is 14.2 Å².